The van der Waals surface area contributed by atoms with Crippen molar-refractivity contribution >= 4 is 0 Å². The van der Waals surface area contributed by atoms with Crippen molar-refractivity contribution in [3.8, 4) is 6.07 Å². The number of nitrogens with zero attached hydrogens (tertiary/aromatic N) is 3. The Morgan fingerprint density at radius 1 is 1.23 bits per heavy atom. The van der Waals surface area contributed by atoms with E-state index in [1.807, 2.05) is 7.05 Å². The van der Waals surface area contributed by atoms with Crippen molar-refractivity contribution in [3.05, 3.63) is 0 Å². The van der Waals surface area contributed by atoms with Crippen molar-refractivity contribution in [3.63, 3.8) is 0 Å². The standard InChI is InChI=1S/C10H21N3/c1-5-10(9-11)13(4)8-6-7-12(2)3/h10H,5-8H2,1-4H3. The first kappa shape index (κ1) is 12.4. The van der Waals surface area contributed by atoms with Crippen LogP contribution in [0.2, 0.25) is 0 Å². The molecule has 0 aromatic rings. The van der Waals surface area contributed by atoms with Gasteiger partial charge in [-0.2, -0.15) is 5.26 Å². The molecule has 0 aromatic carbocycles. The summed E-state index contributed by atoms with van der Waals surface area (Å²) in [5.41, 5.74) is 0. The molecule has 1 atom stereocenters. The third kappa shape index (κ3) is 5.62. The molecule has 3 nitrogen and oxygen atoms in total. The lowest BCUT2D eigenvalue weighted by Gasteiger charge is -2.21. The van der Waals surface area contributed by atoms with Crippen LogP contribution in [0.3, 0.4) is 0 Å². The Labute approximate surface area is 81.9 Å². The highest BCUT2D eigenvalue weighted by Crippen LogP contribution is 2.00. The normalized spacial score (nSPS) is 13.3. The maximum atomic E-state index is 8.80. The van der Waals surface area contributed by atoms with Crippen LogP contribution in [0.15, 0.2) is 0 Å². The van der Waals surface area contributed by atoms with Gasteiger partial charge in [0.15, 0.2) is 0 Å². The van der Waals surface area contributed by atoms with Gasteiger partial charge in [-0.25, -0.2) is 0 Å². The average Bonchev–Trinajstić information content (AvgIpc) is 2.05. The number of nitriles is 1. The highest BCUT2D eigenvalue weighted by Gasteiger charge is 2.10. The van der Waals surface area contributed by atoms with Gasteiger partial charge in [-0.05, 0) is 40.5 Å². The van der Waals surface area contributed by atoms with E-state index in [2.05, 4.69) is 36.9 Å². The van der Waals surface area contributed by atoms with Gasteiger partial charge in [-0.15, -0.1) is 0 Å². The van der Waals surface area contributed by atoms with Crippen LogP contribution in [-0.4, -0.2) is 50.1 Å². The van der Waals surface area contributed by atoms with Crippen molar-refractivity contribution in [1.82, 2.24) is 9.80 Å². The van der Waals surface area contributed by atoms with E-state index in [1.54, 1.807) is 0 Å². The zero-order valence-electron chi connectivity index (χ0n) is 9.25. The van der Waals surface area contributed by atoms with Crippen LogP contribution in [0.1, 0.15) is 19.8 Å². The first-order valence-electron chi connectivity index (χ1n) is 4.86. The van der Waals surface area contributed by atoms with Crippen LogP contribution in [0, 0.1) is 11.3 Å². The molecule has 0 saturated carbocycles. The summed E-state index contributed by atoms with van der Waals surface area (Å²) in [5, 5.41) is 8.80. The van der Waals surface area contributed by atoms with Crippen LogP contribution < -0.4 is 0 Å². The second-order valence-electron chi connectivity index (χ2n) is 3.69. The fourth-order valence-corrected chi connectivity index (χ4v) is 1.29. The van der Waals surface area contributed by atoms with Gasteiger partial charge >= 0.3 is 0 Å². The summed E-state index contributed by atoms with van der Waals surface area (Å²) in [7, 11) is 6.16. The summed E-state index contributed by atoms with van der Waals surface area (Å²) in [6, 6.07) is 2.39. The van der Waals surface area contributed by atoms with Gasteiger partial charge in [0.2, 0.25) is 0 Å². The molecule has 0 aromatic heterocycles. The summed E-state index contributed by atoms with van der Waals surface area (Å²) in [6.45, 7) is 4.15. The first-order chi connectivity index (χ1) is 6.11. The van der Waals surface area contributed by atoms with E-state index in [0.717, 1.165) is 25.9 Å². The Hall–Kier alpha value is -0.590. The highest BCUT2D eigenvalue weighted by atomic mass is 15.1. The first-order valence-corrected chi connectivity index (χ1v) is 4.86. The molecule has 0 bridgehead atoms. The zero-order chi connectivity index (χ0) is 10.3. The molecule has 0 spiro atoms. The van der Waals surface area contributed by atoms with Crippen molar-refractivity contribution in [2.75, 3.05) is 34.2 Å². The molecule has 0 aliphatic rings. The summed E-state index contributed by atoms with van der Waals surface area (Å²) in [6.07, 6.45) is 2.04. The molecule has 0 amide bonds. The Bertz CT molecular complexity index is 160. The maximum absolute atomic E-state index is 8.80. The molecule has 76 valence electrons. The minimum Gasteiger partial charge on any atom is -0.309 e. The smallest absolute Gasteiger partial charge is 0.0972 e. The van der Waals surface area contributed by atoms with Gasteiger partial charge in [-0.1, -0.05) is 6.92 Å². The topological polar surface area (TPSA) is 30.3 Å². The zero-order valence-corrected chi connectivity index (χ0v) is 9.25. The number of hydrogen-bond acceptors (Lipinski definition) is 3. The molecule has 0 N–H and O–H groups in total. The Morgan fingerprint density at radius 2 is 1.85 bits per heavy atom. The van der Waals surface area contributed by atoms with Gasteiger partial charge in [0.25, 0.3) is 0 Å². The minimum atomic E-state index is 0.0853. The predicted molar refractivity (Wildman–Crippen MR) is 55.5 cm³/mol. The van der Waals surface area contributed by atoms with Crippen LogP contribution in [-0.2, 0) is 0 Å². The largest absolute Gasteiger partial charge is 0.309 e. The van der Waals surface area contributed by atoms with E-state index < -0.39 is 0 Å². The van der Waals surface area contributed by atoms with Gasteiger partial charge in [-0.3, -0.25) is 4.90 Å². The Morgan fingerprint density at radius 3 is 2.23 bits per heavy atom. The van der Waals surface area contributed by atoms with Gasteiger partial charge in [0, 0.05) is 6.54 Å². The third-order valence-corrected chi connectivity index (χ3v) is 2.18. The van der Waals surface area contributed by atoms with Crippen molar-refractivity contribution in [1.29, 1.82) is 5.26 Å². The van der Waals surface area contributed by atoms with Crippen LogP contribution >= 0.6 is 0 Å². The lowest BCUT2D eigenvalue weighted by Crippen LogP contribution is -2.32. The molecule has 0 aliphatic carbocycles. The van der Waals surface area contributed by atoms with E-state index in [-0.39, 0.29) is 6.04 Å². The average molecular weight is 183 g/mol. The molecule has 3 heteroatoms. The second kappa shape index (κ2) is 6.88. The van der Waals surface area contributed by atoms with E-state index in [4.69, 9.17) is 5.26 Å². The molecular weight excluding hydrogens is 162 g/mol. The van der Waals surface area contributed by atoms with Crippen LogP contribution in [0.25, 0.3) is 0 Å². The van der Waals surface area contributed by atoms with Gasteiger partial charge in [0.1, 0.15) is 0 Å². The number of hydrogen-bond donors (Lipinski definition) is 0. The summed E-state index contributed by atoms with van der Waals surface area (Å²) < 4.78 is 0. The lowest BCUT2D eigenvalue weighted by atomic mass is 10.2. The van der Waals surface area contributed by atoms with Crippen LogP contribution in [0.5, 0.6) is 0 Å². The Balaban J connectivity index is 3.61. The van der Waals surface area contributed by atoms with Crippen molar-refractivity contribution in [2.24, 2.45) is 0 Å². The van der Waals surface area contributed by atoms with Crippen molar-refractivity contribution in [2.45, 2.75) is 25.8 Å². The quantitative estimate of drug-likeness (QED) is 0.619. The fourth-order valence-electron chi connectivity index (χ4n) is 1.29. The predicted octanol–water partition coefficient (Wildman–Crippen LogP) is 1.17. The highest BCUT2D eigenvalue weighted by molar-refractivity contribution is 4.89. The molecule has 0 rings (SSSR count). The van der Waals surface area contributed by atoms with E-state index in [0.29, 0.717) is 0 Å². The second-order valence-corrected chi connectivity index (χ2v) is 3.69. The lowest BCUT2D eigenvalue weighted by molar-refractivity contribution is 0.261. The van der Waals surface area contributed by atoms with E-state index in [9.17, 15) is 0 Å². The Kier molecular flexibility index (Phi) is 6.56. The fraction of sp³-hybridized carbons (Fsp3) is 0.900. The van der Waals surface area contributed by atoms with Crippen LogP contribution in [0.4, 0.5) is 0 Å². The molecule has 13 heavy (non-hydrogen) atoms. The molecule has 0 fully saturated rings. The minimum absolute atomic E-state index is 0.0853. The summed E-state index contributed by atoms with van der Waals surface area (Å²) in [5.74, 6) is 0. The number of rotatable bonds is 6. The molecule has 1 unspecified atom stereocenters. The van der Waals surface area contributed by atoms with E-state index in [1.165, 1.54) is 0 Å². The van der Waals surface area contributed by atoms with Gasteiger partial charge in [0.05, 0.1) is 12.1 Å². The molecule has 0 saturated heterocycles. The molecule has 0 heterocycles. The van der Waals surface area contributed by atoms with E-state index >= 15 is 0 Å². The van der Waals surface area contributed by atoms with Crippen molar-refractivity contribution < 1.29 is 0 Å². The summed E-state index contributed by atoms with van der Waals surface area (Å²) >= 11 is 0. The molecule has 0 radical (unpaired) electrons. The van der Waals surface area contributed by atoms with Gasteiger partial charge < -0.3 is 4.90 Å². The third-order valence-electron chi connectivity index (χ3n) is 2.18. The SMILES string of the molecule is CCC(C#N)N(C)CCCN(C)C. The monoisotopic (exact) mass is 183 g/mol. The summed E-state index contributed by atoms with van der Waals surface area (Å²) in [4.78, 5) is 4.30. The molecule has 0 aliphatic heterocycles. The molecular formula is C10H21N3. The maximum Gasteiger partial charge on any atom is 0.0972 e.